The number of carbonyl (C=O) groups excluding carboxylic acids is 1. The molecule has 0 radical (unpaired) electrons. The lowest BCUT2D eigenvalue weighted by Gasteiger charge is -2.42. The third kappa shape index (κ3) is 3.31. The molecule has 0 bridgehead atoms. The van der Waals surface area contributed by atoms with Gasteiger partial charge in [-0.05, 0) is 36.6 Å². The highest BCUT2D eigenvalue weighted by Gasteiger charge is 2.37. The third-order valence-corrected chi connectivity index (χ3v) is 5.36. The van der Waals surface area contributed by atoms with Gasteiger partial charge in [-0.2, -0.15) is 0 Å². The van der Waals surface area contributed by atoms with Gasteiger partial charge in [0.2, 0.25) is 5.91 Å². The highest BCUT2D eigenvalue weighted by Crippen LogP contribution is 2.24. The molecule has 1 atom stereocenters. The van der Waals surface area contributed by atoms with Crippen LogP contribution in [0.3, 0.4) is 0 Å². The highest BCUT2D eigenvalue weighted by molar-refractivity contribution is 5.82. The topological polar surface area (TPSA) is 32.8 Å². The molecule has 0 N–H and O–H groups in total. The zero-order valence-electron chi connectivity index (χ0n) is 14.9. The molecule has 1 amide bonds. The van der Waals surface area contributed by atoms with E-state index in [1.165, 1.54) is 17.2 Å². The Hall–Kier alpha value is -2.40. The van der Waals surface area contributed by atoms with Crippen LogP contribution in [0.5, 0.6) is 5.75 Å². The molecule has 5 heteroatoms. The highest BCUT2D eigenvalue weighted by atomic mass is 19.1. The fourth-order valence-electron chi connectivity index (χ4n) is 3.68. The summed E-state index contributed by atoms with van der Waals surface area (Å²) in [6.07, 6.45) is 0.845. The predicted molar refractivity (Wildman–Crippen MR) is 97.4 cm³/mol. The number of hydrogen-bond donors (Lipinski definition) is 0. The number of carbonyl (C=O) groups is 1. The van der Waals surface area contributed by atoms with Crippen LogP contribution < -0.4 is 4.74 Å². The van der Waals surface area contributed by atoms with E-state index in [0.717, 1.165) is 19.5 Å². The van der Waals surface area contributed by atoms with Crippen LogP contribution in [0.1, 0.15) is 18.1 Å². The minimum atomic E-state index is -0.363. The number of nitrogens with zero attached hydrogens (tertiary/aromatic N) is 2. The summed E-state index contributed by atoms with van der Waals surface area (Å²) in [6.45, 7) is 4.71. The van der Waals surface area contributed by atoms with E-state index in [2.05, 4.69) is 29.2 Å². The largest absolute Gasteiger partial charge is 0.484 e. The number of halogens is 1. The zero-order chi connectivity index (χ0) is 18.1. The monoisotopic (exact) mass is 354 g/mol. The summed E-state index contributed by atoms with van der Waals surface area (Å²) in [7, 11) is 0. The maximum atomic E-state index is 13.6. The Labute approximate surface area is 153 Å². The van der Waals surface area contributed by atoms with Crippen LogP contribution >= 0.6 is 0 Å². The molecule has 1 saturated heterocycles. The van der Waals surface area contributed by atoms with Crippen molar-refractivity contribution in [1.82, 2.24) is 9.80 Å². The van der Waals surface area contributed by atoms with Gasteiger partial charge in [0.25, 0.3) is 0 Å². The normalized spacial score (nSPS) is 18.8. The Bertz CT molecular complexity index is 804. The average Bonchev–Trinajstić information content (AvgIpc) is 2.64. The molecule has 0 aromatic heterocycles. The van der Waals surface area contributed by atoms with Crippen molar-refractivity contribution >= 4 is 5.91 Å². The standard InChI is InChI=1S/C21H23FN2O2/c1-15(23-11-10-16-6-2-3-7-17(16)12-23)21(25)24-13-18(14-24)26-20-9-5-4-8-19(20)22/h2-9,15,18H,10-14H2,1H3/t15-/m0/s1. The zero-order valence-corrected chi connectivity index (χ0v) is 14.9. The number of rotatable bonds is 4. The number of fused-ring (bicyclic) bond motifs is 1. The third-order valence-electron chi connectivity index (χ3n) is 5.36. The summed E-state index contributed by atoms with van der Waals surface area (Å²) >= 11 is 0. The fraction of sp³-hybridized carbons (Fsp3) is 0.381. The Balaban J connectivity index is 1.31. The molecular formula is C21H23FN2O2. The van der Waals surface area contributed by atoms with Crippen LogP contribution in [-0.4, -0.2) is 47.5 Å². The Morgan fingerprint density at radius 1 is 1.12 bits per heavy atom. The smallest absolute Gasteiger partial charge is 0.239 e. The van der Waals surface area contributed by atoms with Gasteiger partial charge in [0.05, 0.1) is 19.1 Å². The van der Waals surface area contributed by atoms with Gasteiger partial charge in [-0.25, -0.2) is 4.39 Å². The van der Waals surface area contributed by atoms with E-state index < -0.39 is 0 Å². The molecule has 4 nitrogen and oxygen atoms in total. The lowest BCUT2D eigenvalue weighted by atomic mass is 9.98. The minimum Gasteiger partial charge on any atom is -0.484 e. The first-order chi connectivity index (χ1) is 12.6. The van der Waals surface area contributed by atoms with Crippen LogP contribution in [0, 0.1) is 5.82 Å². The molecule has 4 rings (SSSR count). The summed E-state index contributed by atoms with van der Waals surface area (Å²) in [4.78, 5) is 16.8. The van der Waals surface area contributed by atoms with Crippen LogP contribution in [-0.2, 0) is 17.8 Å². The summed E-state index contributed by atoms with van der Waals surface area (Å²) in [5.74, 6) is 0.0145. The van der Waals surface area contributed by atoms with Gasteiger partial charge in [0, 0.05) is 13.1 Å². The predicted octanol–water partition coefficient (Wildman–Crippen LogP) is 2.86. The molecule has 0 aliphatic carbocycles. The number of para-hydroxylation sites is 1. The average molecular weight is 354 g/mol. The van der Waals surface area contributed by atoms with Crippen molar-refractivity contribution in [3.05, 3.63) is 65.5 Å². The van der Waals surface area contributed by atoms with E-state index in [1.807, 2.05) is 6.92 Å². The van der Waals surface area contributed by atoms with Crippen molar-refractivity contribution in [2.45, 2.75) is 32.0 Å². The van der Waals surface area contributed by atoms with E-state index in [4.69, 9.17) is 4.74 Å². The SMILES string of the molecule is C[C@@H](C(=O)N1CC(Oc2ccccc2F)C1)N1CCc2ccccc2C1. The van der Waals surface area contributed by atoms with Crippen molar-refractivity contribution in [2.75, 3.05) is 19.6 Å². The first-order valence-corrected chi connectivity index (χ1v) is 9.12. The molecule has 1 fully saturated rings. The van der Waals surface area contributed by atoms with Crippen LogP contribution in [0.25, 0.3) is 0 Å². The van der Waals surface area contributed by atoms with Gasteiger partial charge < -0.3 is 9.64 Å². The Kier molecular flexibility index (Phi) is 4.64. The van der Waals surface area contributed by atoms with E-state index >= 15 is 0 Å². The molecule has 2 aromatic carbocycles. The van der Waals surface area contributed by atoms with E-state index in [1.54, 1.807) is 23.1 Å². The van der Waals surface area contributed by atoms with Crippen LogP contribution in [0.4, 0.5) is 4.39 Å². The molecule has 26 heavy (non-hydrogen) atoms. The molecule has 2 heterocycles. The summed E-state index contributed by atoms with van der Waals surface area (Å²) in [5, 5.41) is 0. The van der Waals surface area contributed by atoms with Gasteiger partial charge in [-0.3, -0.25) is 9.69 Å². The first kappa shape index (κ1) is 17.0. The van der Waals surface area contributed by atoms with Gasteiger partial charge in [0.15, 0.2) is 11.6 Å². The maximum absolute atomic E-state index is 13.6. The Morgan fingerprint density at radius 3 is 2.58 bits per heavy atom. The fourth-order valence-corrected chi connectivity index (χ4v) is 3.68. The van der Waals surface area contributed by atoms with Crippen molar-refractivity contribution in [3.8, 4) is 5.75 Å². The second-order valence-corrected chi connectivity index (χ2v) is 7.08. The van der Waals surface area contributed by atoms with Crippen molar-refractivity contribution in [2.24, 2.45) is 0 Å². The number of benzene rings is 2. The van der Waals surface area contributed by atoms with Crippen molar-refractivity contribution in [3.63, 3.8) is 0 Å². The van der Waals surface area contributed by atoms with Crippen molar-refractivity contribution < 1.29 is 13.9 Å². The van der Waals surface area contributed by atoms with Crippen LogP contribution in [0.2, 0.25) is 0 Å². The van der Waals surface area contributed by atoms with E-state index in [9.17, 15) is 9.18 Å². The second-order valence-electron chi connectivity index (χ2n) is 7.08. The number of amides is 1. The molecule has 2 aliphatic rings. The quantitative estimate of drug-likeness (QED) is 0.846. The molecule has 2 aromatic rings. The number of likely N-dealkylation sites (tertiary alicyclic amines) is 1. The molecule has 2 aliphatic heterocycles. The van der Waals surface area contributed by atoms with E-state index in [0.29, 0.717) is 13.1 Å². The molecule has 136 valence electrons. The lowest BCUT2D eigenvalue weighted by molar-refractivity contribution is -0.145. The lowest BCUT2D eigenvalue weighted by Crippen LogP contribution is -2.60. The maximum Gasteiger partial charge on any atom is 0.239 e. The van der Waals surface area contributed by atoms with Crippen LogP contribution in [0.15, 0.2) is 48.5 Å². The van der Waals surface area contributed by atoms with Gasteiger partial charge in [-0.15, -0.1) is 0 Å². The first-order valence-electron chi connectivity index (χ1n) is 9.12. The Morgan fingerprint density at radius 2 is 1.81 bits per heavy atom. The molecule has 0 saturated carbocycles. The van der Waals surface area contributed by atoms with Gasteiger partial charge >= 0.3 is 0 Å². The van der Waals surface area contributed by atoms with Gasteiger partial charge in [-0.1, -0.05) is 36.4 Å². The molecule has 0 spiro atoms. The molecular weight excluding hydrogens is 331 g/mol. The number of hydrogen-bond acceptors (Lipinski definition) is 3. The van der Waals surface area contributed by atoms with E-state index in [-0.39, 0.29) is 29.6 Å². The summed E-state index contributed by atoms with van der Waals surface area (Å²) in [5.41, 5.74) is 2.69. The molecule has 0 unspecified atom stereocenters. The minimum absolute atomic E-state index is 0.123. The second kappa shape index (κ2) is 7.08. The van der Waals surface area contributed by atoms with Crippen molar-refractivity contribution in [1.29, 1.82) is 0 Å². The number of ether oxygens (including phenoxy) is 1. The summed E-state index contributed by atoms with van der Waals surface area (Å²) in [6, 6.07) is 14.7. The van der Waals surface area contributed by atoms with Gasteiger partial charge in [0.1, 0.15) is 6.10 Å². The summed E-state index contributed by atoms with van der Waals surface area (Å²) < 4.78 is 19.3.